The molecule has 128 valence electrons. The predicted molar refractivity (Wildman–Crippen MR) is 87.2 cm³/mol. The molecule has 1 amide bonds. The number of aromatic nitrogens is 3. The van der Waals surface area contributed by atoms with Gasteiger partial charge in [-0.1, -0.05) is 30.3 Å². The van der Waals surface area contributed by atoms with Gasteiger partial charge in [0.05, 0.1) is 6.54 Å². The molecule has 24 heavy (non-hydrogen) atoms. The van der Waals surface area contributed by atoms with Gasteiger partial charge in [-0.15, -0.1) is 10.2 Å². The van der Waals surface area contributed by atoms with Crippen LogP contribution in [0.4, 0.5) is 4.79 Å². The van der Waals surface area contributed by atoms with E-state index in [2.05, 4.69) is 10.2 Å². The summed E-state index contributed by atoms with van der Waals surface area (Å²) < 4.78 is 7.27. The molecular formula is C17H22N4O3. The van der Waals surface area contributed by atoms with Gasteiger partial charge in [-0.2, -0.15) is 0 Å². The second-order valence-electron chi connectivity index (χ2n) is 6.84. The Hall–Kier alpha value is -2.41. The molecule has 0 fully saturated rings. The van der Waals surface area contributed by atoms with Crippen LogP contribution in [-0.2, 0) is 17.8 Å². The van der Waals surface area contributed by atoms with E-state index < -0.39 is 11.7 Å². The van der Waals surface area contributed by atoms with Crippen LogP contribution >= 0.6 is 0 Å². The van der Waals surface area contributed by atoms with Gasteiger partial charge in [-0.05, 0) is 26.3 Å². The Balaban J connectivity index is 1.76. The number of rotatable bonds is 2. The number of nitrogens with zero attached hydrogens (tertiary/aromatic N) is 4. The van der Waals surface area contributed by atoms with Gasteiger partial charge in [0.2, 0.25) is 0 Å². The highest BCUT2D eigenvalue weighted by Crippen LogP contribution is 2.23. The van der Waals surface area contributed by atoms with Gasteiger partial charge in [0, 0.05) is 13.1 Å². The standard InChI is InChI=1S/C17H22N4O3/c1-17(2,3)24-16(23)20-9-10-21-13(11-20)18-19-15(21)14(22)12-7-5-4-6-8-12/h4-8,14,22H,9-11H2,1-3H3. The Morgan fingerprint density at radius 1 is 1.21 bits per heavy atom. The summed E-state index contributed by atoms with van der Waals surface area (Å²) in [5.74, 6) is 1.15. The first-order valence-corrected chi connectivity index (χ1v) is 7.98. The molecule has 2 heterocycles. The van der Waals surface area contributed by atoms with Crippen molar-refractivity contribution in [3.63, 3.8) is 0 Å². The molecular weight excluding hydrogens is 308 g/mol. The lowest BCUT2D eigenvalue weighted by Gasteiger charge is -2.30. The number of hydrogen-bond donors (Lipinski definition) is 1. The van der Waals surface area contributed by atoms with Crippen LogP contribution in [0.3, 0.4) is 0 Å². The molecule has 1 N–H and O–H groups in total. The molecule has 7 nitrogen and oxygen atoms in total. The molecule has 1 aromatic heterocycles. The average Bonchev–Trinajstić information content (AvgIpc) is 2.96. The largest absolute Gasteiger partial charge is 0.444 e. The monoisotopic (exact) mass is 330 g/mol. The van der Waals surface area contributed by atoms with Gasteiger partial charge in [0.1, 0.15) is 11.7 Å². The molecule has 1 aromatic carbocycles. The Labute approximate surface area is 140 Å². The quantitative estimate of drug-likeness (QED) is 0.912. The summed E-state index contributed by atoms with van der Waals surface area (Å²) >= 11 is 0. The summed E-state index contributed by atoms with van der Waals surface area (Å²) in [7, 11) is 0. The summed E-state index contributed by atoms with van der Waals surface area (Å²) in [6.45, 7) is 6.86. The first-order chi connectivity index (χ1) is 11.3. The zero-order valence-corrected chi connectivity index (χ0v) is 14.1. The van der Waals surface area contributed by atoms with E-state index in [0.29, 0.717) is 31.3 Å². The normalized spacial score (nSPS) is 15.8. The van der Waals surface area contributed by atoms with Crippen LogP contribution in [0.1, 0.15) is 44.1 Å². The van der Waals surface area contributed by atoms with Gasteiger partial charge < -0.3 is 14.4 Å². The van der Waals surface area contributed by atoms with Crippen molar-refractivity contribution in [2.75, 3.05) is 6.54 Å². The number of carbonyl (C=O) groups excluding carboxylic acids is 1. The number of ether oxygens (including phenoxy) is 1. The summed E-state index contributed by atoms with van der Waals surface area (Å²) in [6, 6.07) is 9.34. The minimum atomic E-state index is -0.833. The van der Waals surface area contributed by atoms with Crippen LogP contribution in [0, 0.1) is 0 Å². The first-order valence-electron chi connectivity index (χ1n) is 7.98. The van der Waals surface area contributed by atoms with E-state index in [0.717, 1.165) is 5.56 Å². The van der Waals surface area contributed by atoms with E-state index >= 15 is 0 Å². The second-order valence-corrected chi connectivity index (χ2v) is 6.84. The molecule has 1 aliphatic rings. The molecule has 3 rings (SSSR count). The molecule has 1 unspecified atom stereocenters. The van der Waals surface area contributed by atoms with Crippen molar-refractivity contribution >= 4 is 6.09 Å². The number of aliphatic hydroxyl groups excluding tert-OH is 1. The molecule has 0 saturated carbocycles. The number of amides is 1. The zero-order valence-electron chi connectivity index (χ0n) is 14.1. The predicted octanol–water partition coefficient (Wildman–Crippen LogP) is 2.11. The van der Waals surface area contributed by atoms with Crippen LogP contribution in [0.15, 0.2) is 30.3 Å². The Morgan fingerprint density at radius 2 is 1.92 bits per heavy atom. The Kier molecular flexibility index (Phi) is 4.28. The fourth-order valence-electron chi connectivity index (χ4n) is 2.65. The fourth-order valence-corrected chi connectivity index (χ4v) is 2.65. The van der Waals surface area contributed by atoms with Crippen LogP contribution in [0.25, 0.3) is 0 Å². The van der Waals surface area contributed by atoms with Crippen molar-refractivity contribution in [2.24, 2.45) is 0 Å². The van der Waals surface area contributed by atoms with E-state index in [1.165, 1.54) is 0 Å². The summed E-state index contributed by atoms with van der Waals surface area (Å²) in [5, 5.41) is 18.8. The Bertz CT molecular complexity index is 721. The molecule has 2 aromatic rings. The molecule has 1 atom stereocenters. The zero-order chi connectivity index (χ0) is 17.3. The molecule has 7 heteroatoms. The molecule has 0 aliphatic carbocycles. The number of aliphatic hydroxyl groups is 1. The molecule has 0 bridgehead atoms. The number of hydrogen-bond acceptors (Lipinski definition) is 5. The van der Waals surface area contributed by atoms with Crippen LogP contribution < -0.4 is 0 Å². The van der Waals surface area contributed by atoms with Crippen molar-refractivity contribution in [1.82, 2.24) is 19.7 Å². The van der Waals surface area contributed by atoms with Crippen LogP contribution in [0.2, 0.25) is 0 Å². The van der Waals surface area contributed by atoms with Crippen molar-refractivity contribution in [1.29, 1.82) is 0 Å². The van der Waals surface area contributed by atoms with Crippen LogP contribution in [-0.4, -0.2) is 43.0 Å². The minimum absolute atomic E-state index is 0.323. The lowest BCUT2D eigenvalue weighted by molar-refractivity contribution is 0.0192. The SMILES string of the molecule is CC(C)(C)OC(=O)N1CCn2c(nnc2C(O)c2ccccc2)C1. The minimum Gasteiger partial charge on any atom is -0.444 e. The smallest absolute Gasteiger partial charge is 0.410 e. The van der Waals surface area contributed by atoms with E-state index in [1.807, 2.05) is 55.7 Å². The third-order valence-corrected chi connectivity index (χ3v) is 3.79. The third kappa shape index (κ3) is 3.41. The van der Waals surface area contributed by atoms with Gasteiger partial charge in [0.15, 0.2) is 11.6 Å². The topological polar surface area (TPSA) is 80.5 Å². The maximum absolute atomic E-state index is 12.2. The summed E-state index contributed by atoms with van der Waals surface area (Å²) in [5.41, 5.74) is 0.235. The number of carbonyl (C=O) groups is 1. The highest BCUT2D eigenvalue weighted by atomic mass is 16.6. The lowest BCUT2D eigenvalue weighted by Crippen LogP contribution is -2.42. The lowest BCUT2D eigenvalue weighted by atomic mass is 10.1. The van der Waals surface area contributed by atoms with Crippen molar-refractivity contribution in [3.8, 4) is 0 Å². The molecule has 1 aliphatic heterocycles. The molecule has 0 radical (unpaired) electrons. The van der Waals surface area contributed by atoms with E-state index in [-0.39, 0.29) is 6.09 Å². The highest BCUT2D eigenvalue weighted by molar-refractivity contribution is 5.68. The van der Waals surface area contributed by atoms with Gasteiger partial charge in [0.25, 0.3) is 0 Å². The molecule has 0 spiro atoms. The summed E-state index contributed by atoms with van der Waals surface area (Å²) in [4.78, 5) is 13.8. The maximum Gasteiger partial charge on any atom is 0.410 e. The number of benzene rings is 1. The van der Waals surface area contributed by atoms with Crippen LogP contribution in [0.5, 0.6) is 0 Å². The number of fused-ring (bicyclic) bond motifs is 1. The van der Waals surface area contributed by atoms with Crippen molar-refractivity contribution in [3.05, 3.63) is 47.5 Å². The van der Waals surface area contributed by atoms with Crippen molar-refractivity contribution in [2.45, 2.75) is 45.6 Å². The van der Waals surface area contributed by atoms with Crippen molar-refractivity contribution < 1.29 is 14.6 Å². The van der Waals surface area contributed by atoms with E-state index in [4.69, 9.17) is 4.74 Å². The van der Waals surface area contributed by atoms with E-state index in [1.54, 1.807) is 4.90 Å². The highest BCUT2D eigenvalue weighted by Gasteiger charge is 2.29. The van der Waals surface area contributed by atoms with Gasteiger partial charge in [-0.25, -0.2) is 4.79 Å². The Morgan fingerprint density at radius 3 is 2.58 bits per heavy atom. The second kappa shape index (κ2) is 6.24. The van der Waals surface area contributed by atoms with Gasteiger partial charge in [-0.3, -0.25) is 4.90 Å². The first kappa shape index (κ1) is 16.4. The third-order valence-electron chi connectivity index (χ3n) is 3.79. The average molecular weight is 330 g/mol. The van der Waals surface area contributed by atoms with Gasteiger partial charge >= 0.3 is 6.09 Å². The molecule has 0 saturated heterocycles. The fraction of sp³-hybridized carbons (Fsp3) is 0.471. The maximum atomic E-state index is 12.2. The van der Waals surface area contributed by atoms with E-state index in [9.17, 15) is 9.90 Å². The summed E-state index contributed by atoms with van der Waals surface area (Å²) in [6.07, 6.45) is -1.19.